The van der Waals surface area contributed by atoms with Crippen molar-refractivity contribution in [2.24, 2.45) is 0 Å². The lowest BCUT2D eigenvalue weighted by Gasteiger charge is -2.40. The molecule has 4 aliphatic rings. The van der Waals surface area contributed by atoms with Crippen molar-refractivity contribution >= 4 is 23.7 Å². The number of methoxy groups -OCH3 is 1. The maximum Gasteiger partial charge on any atom is 0.410 e. The highest BCUT2D eigenvalue weighted by molar-refractivity contribution is 5.91. The van der Waals surface area contributed by atoms with Gasteiger partial charge in [0.2, 0.25) is 0 Å². The van der Waals surface area contributed by atoms with Crippen LogP contribution in [0.15, 0.2) is 36.4 Å². The fourth-order valence-electron chi connectivity index (χ4n) is 8.05. The fourth-order valence-corrected chi connectivity index (χ4v) is 8.05. The molecule has 0 aliphatic carbocycles. The molecule has 0 aromatic heterocycles. The van der Waals surface area contributed by atoms with Crippen molar-refractivity contribution in [2.75, 3.05) is 71.3 Å². The summed E-state index contributed by atoms with van der Waals surface area (Å²) < 4.78 is 11.7. The zero-order chi connectivity index (χ0) is 33.6. The van der Waals surface area contributed by atoms with Crippen LogP contribution in [0.2, 0.25) is 0 Å². The average Bonchev–Trinajstić information content (AvgIpc) is 3.47. The molecule has 4 heterocycles. The molecule has 0 unspecified atom stereocenters. The second kappa shape index (κ2) is 15.6. The van der Waals surface area contributed by atoms with Gasteiger partial charge in [-0.1, -0.05) is 30.3 Å². The number of rotatable bonds is 7. The first-order valence-corrected chi connectivity index (χ1v) is 17.8. The topological polar surface area (TPSA) is 107 Å². The number of benzene rings is 2. The molecule has 2 aromatic rings. The van der Waals surface area contributed by atoms with E-state index in [1.807, 2.05) is 54.0 Å². The lowest BCUT2D eigenvalue weighted by Crippen LogP contribution is -2.52. The van der Waals surface area contributed by atoms with Gasteiger partial charge in [-0.25, -0.2) is 9.59 Å². The molecule has 4 aliphatic heterocycles. The van der Waals surface area contributed by atoms with Crippen molar-refractivity contribution in [3.05, 3.63) is 58.7 Å². The van der Waals surface area contributed by atoms with Crippen LogP contribution in [0.4, 0.5) is 15.3 Å². The molecule has 1 atom stereocenters. The van der Waals surface area contributed by atoms with E-state index in [2.05, 4.69) is 21.6 Å². The molecule has 6 rings (SSSR count). The number of fused-ring (bicyclic) bond motifs is 1. The molecule has 2 aromatic carbocycles. The number of amides is 4. The smallest absolute Gasteiger partial charge is 0.410 e. The standard InChI is InChI=1S/C37H52N6O5/c1-26-23-28(24-27(2)34(26)47-3)25-33(35(44)41-17-10-30(11-18-41)40-16-6-14-38-15-22-40)48-37(46)42-19-12-31(13-20-42)43-21-9-29-7-4-5-8-32(29)39-36(43)45/h4-5,7-8,23-24,30-31,33,38H,6,9-22,25H2,1-3H3,(H,39,45)/t33-/m1/s1. The highest BCUT2D eigenvalue weighted by Crippen LogP contribution is 2.28. The van der Waals surface area contributed by atoms with Crippen LogP contribution in [0, 0.1) is 13.8 Å². The lowest BCUT2D eigenvalue weighted by atomic mass is 9.98. The molecule has 0 bridgehead atoms. The van der Waals surface area contributed by atoms with Gasteiger partial charge in [0.05, 0.1) is 7.11 Å². The Bertz CT molecular complexity index is 1420. The van der Waals surface area contributed by atoms with Crippen LogP contribution in [0.5, 0.6) is 5.75 Å². The third kappa shape index (κ3) is 7.89. The van der Waals surface area contributed by atoms with Gasteiger partial charge in [-0.2, -0.15) is 0 Å². The quantitative estimate of drug-likeness (QED) is 0.459. The van der Waals surface area contributed by atoms with Gasteiger partial charge in [0.25, 0.3) is 5.91 Å². The van der Waals surface area contributed by atoms with Crippen molar-refractivity contribution in [1.29, 1.82) is 0 Å². The first-order valence-electron chi connectivity index (χ1n) is 17.8. The van der Waals surface area contributed by atoms with Gasteiger partial charge in [0, 0.05) is 70.0 Å². The minimum atomic E-state index is -0.920. The number of nitrogens with zero attached hydrogens (tertiary/aromatic N) is 4. The Morgan fingerprint density at radius 1 is 0.875 bits per heavy atom. The van der Waals surface area contributed by atoms with E-state index >= 15 is 0 Å². The van der Waals surface area contributed by atoms with Crippen LogP contribution in [0.1, 0.15) is 54.4 Å². The number of piperidine rings is 2. The van der Waals surface area contributed by atoms with E-state index in [1.54, 1.807) is 12.0 Å². The summed E-state index contributed by atoms with van der Waals surface area (Å²) >= 11 is 0. The average molecular weight is 661 g/mol. The highest BCUT2D eigenvalue weighted by atomic mass is 16.6. The number of urea groups is 1. The summed E-state index contributed by atoms with van der Waals surface area (Å²) in [5.74, 6) is 0.704. The van der Waals surface area contributed by atoms with E-state index in [0.717, 1.165) is 85.6 Å². The van der Waals surface area contributed by atoms with Crippen molar-refractivity contribution in [2.45, 2.75) is 77.0 Å². The minimum absolute atomic E-state index is 0.0346. The van der Waals surface area contributed by atoms with Gasteiger partial charge in [0.15, 0.2) is 6.10 Å². The predicted octanol–water partition coefficient (Wildman–Crippen LogP) is 4.20. The van der Waals surface area contributed by atoms with E-state index in [-0.39, 0.29) is 18.0 Å². The van der Waals surface area contributed by atoms with Gasteiger partial charge in [-0.05, 0) is 93.8 Å². The number of aryl methyl sites for hydroxylation is 2. The third-order valence-electron chi connectivity index (χ3n) is 10.6. The van der Waals surface area contributed by atoms with E-state index < -0.39 is 12.2 Å². The van der Waals surface area contributed by atoms with Crippen LogP contribution in [0.25, 0.3) is 0 Å². The van der Waals surface area contributed by atoms with Gasteiger partial charge in [0.1, 0.15) is 5.75 Å². The molecule has 11 heteroatoms. The second-order valence-corrected chi connectivity index (χ2v) is 13.8. The Kier molecular flexibility index (Phi) is 11.1. The fraction of sp³-hybridized carbons (Fsp3) is 0.595. The maximum absolute atomic E-state index is 14.1. The summed E-state index contributed by atoms with van der Waals surface area (Å²) in [6.45, 7) is 11.1. The summed E-state index contributed by atoms with van der Waals surface area (Å²) in [7, 11) is 1.66. The molecule has 0 spiro atoms. The number of carbonyl (C=O) groups excluding carboxylic acids is 3. The number of anilines is 1. The van der Waals surface area contributed by atoms with Gasteiger partial charge >= 0.3 is 12.1 Å². The molecule has 4 amide bonds. The molecule has 3 fully saturated rings. The molecule has 0 radical (unpaired) electrons. The molecule has 3 saturated heterocycles. The third-order valence-corrected chi connectivity index (χ3v) is 10.6. The minimum Gasteiger partial charge on any atom is -0.496 e. The Hall–Kier alpha value is -3.83. The van der Waals surface area contributed by atoms with E-state index in [1.165, 1.54) is 0 Å². The molecule has 260 valence electrons. The number of carbonyl (C=O) groups is 3. The molecule has 48 heavy (non-hydrogen) atoms. The van der Waals surface area contributed by atoms with Gasteiger partial charge < -0.3 is 34.8 Å². The van der Waals surface area contributed by atoms with Crippen molar-refractivity contribution < 1.29 is 23.9 Å². The Balaban J connectivity index is 1.09. The first-order chi connectivity index (χ1) is 23.3. The maximum atomic E-state index is 14.1. The number of hydrogen-bond acceptors (Lipinski definition) is 7. The Morgan fingerprint density at radius 2 is 1.56 bits per heavy atom. The largest absolute Gasteiger partial charge is 0.496 e. The molecule has 0 saturated carbocycles. The number of hydrogen-bond donors (Lipinski definition) is 2. The van der Waals surface area contributed by atoms with Crippen molar-refractivity contribution in [1.82, 2.24) is 24.9 Å². The normalized spacial score (nSPS) is 20.7. The van der Waals surface area contributed by atoms with E-state index in [0.29, 0.717) is 58.0 Å². The number of nitrogens with one attached hydrogen (secondary N) is 2. The summed E-state index contributed by atoms with van der Waals surface area (Å²) in [5.41, 5.74) is 4.92. The van der Waals surface area contributed by atoms with Gasteiger partial charge in [-0.3, -0.25) is 9.69 Å². The highest BCUT2D eigenvalue weighted by Gasteiger charge is 2.36. The van der Waals surface area contributed by atoms with E-state index in [9.17, 15) is 14.4 Å². The zero-order valence-corrected chi connectivity index (χ0v) is 28.8. The Labute approximate surface area is 284 Å². The lowest BCUT2D eigenvalue weighted by molar-refractivity contribution is -0.142. The second-order valence-electron chi connectivity index (χ2n) is 13.8. The van der Waals surface area contributed by atoms with Crippen LogP contribution in [0.3, 0.4) is 0 Å². The van der Waals surface area contributed by atoms with Gasteiger partial charge in [-0.15, -0.1) is 0 Å². The summed E-state index contributed by atoms with van der Waals surface area (Å²) in [6.07, 6.45) is 4.03. The summed E-state index contributed by atoms with van der Waals surface area (Å²) in [5, 5.41) is 6.54. The number of para-hydroxylation sites is 1. The number of likely N-dealkylation sites (tertiary alicyclic amines) is 2. The first kappa shape index (κ1) is 34.0. The zero-order valence-electron chi connectivity index (χ0n) is 28.8. The van der Waals surface area contributed by atoms with Crippen LogP contribution >= 0.6 is 0 Å². The molecular formula is C37H52N6O5. The van der Waals surface area contributed by atoms with Crippen LogP contribution < -0.4 is 15.4 Å². The predicted molar refractivity (Wildman–Crippen MR) is 186 cm³/mol. The van der Waals surface area contributed by atoms with Crippen LogP contribution in [-0.4, -0.2) is 122 Å². The molecular weight excluding hydrogens is 608 g/mol. The van der Waals surface area contributed by atoms with Crippen LogP contribution in [-0.2, 0) is 22.4 Å². The monoisotopic (exact) mass is 660 g/mol. The summed E-state index contributed by atoms with van der Waals surface area (Å²) in [4.78, 5) is 49.0. The van der Waals surface area contributed by atoms with Crippen molar-refractivity contribution in [3.63, 3.8) is 0 Å². The number of ether oxygens (including phenoxy) is 2. The van der Waals surface area contributed by atoms with E-state index in [4.69, 9.17) is 9.47 Å². The molecule has 11 nitrogen and oxygen atoms in total. The van der Waals surface area contributed by atoms with Crippen molar-refractivity contribution in [3.8, 4) is 5.75 Å². The summed E-state index contributed by atoms with van der Waals surface area (Å²) in [6, 6.07) is 12.4. The molecule has 2 N–H and O–H groups in total. The SMILES string of the molecule is COc1c(C)cc(C[C@@H](OC(=O)N2CCC(N3CCc4ccccc4NC3=O)CC2)C(=O)N2CCC(N3CCCNCC3)CC2)cc1C. The Morgan fingerprint density at radius 3 is 2.29 bits per heavy atom.